The van der Waals surface area contributed by atoms with Crippen LogP contribution in [0.2, 0.25) is 0 Å². The molecule has 0 spiro atoms. The molecule has 0 aliphatic heterocycles. The molecule has 26 heavy (non-hydrogen) atoms. The Morgan fingerprint density at radius 2 is 1.81 bits per heavy atom. The lowest BCUT2D eigenvalue weighted by Gasteiger charge is -2.13. The summed E-state index contributed by atoms with van der Waals surface area (Å²) in [5.74, 6) is -4.90. The van der Waals surface area contributed by atoms with Gasteiger partial charge < -0.3 is 20.6 Å². The standard InChI is InChI=1S/C15H12BrN3O7/c16-7-1-3-8(4-2-7)19-11(21)6-10(20)13(18-19)14(24)17-9(15(25)26)5-12(22)23/h1-4,6,9,20H,5H2,(H,17,24)(H,22,23)(H,25,26). The molecule has 11 heteroatoms. The van der Waals surface area contributed by atoms with Crippen molar-refractivity contribution in [1.29, 1.82) is 0 Å². The first-order valence-electron chi connectivity index (χ1n) is 7.03. The van der Waals surface area contributed by atoms with Crippen LogP contribution in [0.1, 0.15) is 16.9 Å². The van der Waals surface area contributed by atoms with Crippen LogP contribution in [-0.2, 0) is 9.59 Å². The lowest BCUT2D eigenvalue weighted by molar-refractivity contribution is -0.145. The Morgan fingerprint density at radius 1 is 1.19 bits per heavy atom. The summed E-state index contributed by atoms with van der Waals surface area (Å²) in [6.45, 7) is 0. The van der Waals surface area contributed by atoms with Gasteiger partial charge in [0.25, 0.3) is 11.5 Å². The van der Waals surface area contributed by atoms with Crippen LogP contribution in [-0.4, -0.2) is 49.0 Å². The molecule has 1 aromatic heterocycles. The molecule has 1 amide bonds. The summed E-state index contributed by atoms with van der Waals surface area (Å²) in [6, 6.07) is 5.34. The number of nitrogens with one attached hydrogen (secondary N) is 1. The first kappa shape index (κ1) is 19.1. The number of hydrogen-bond donors (Lipinski definition) is 4. The summed E-state index contributed by atoms with van der Waals surface area (Å²) >= 11 is 3.23. The number of aliphatic carboxylic acids is 2. The number of carbonyl (C=O) groups excluding carboxylic acids is 1. The van der Waals surface area contributed by atoms with Crippen molar-refractivity contribution in [2.75, 3.05) is 0 Å². The van der Waals surface area contributed by atoms with Crippen molar-refractivity contribution in [2.45, 2.75) is 12.5 Å². The van der Waals surface area contributed by atoms with Crippen molar-refractivity contribution in [2.24, 2.45) is 0 Å². The highest BCUT2D eigenvalue weighted by molar-refractivity contribution is 9.10. The van der Waals surface area contributed by atoms with Crippen LogP contribution in [0.5, 0.6) is 5.75 Å². The zero-order valence-electron chi connectivity index (χ0n) is 12.9. The van der Waals surface area contributed by atoms with Crippen LogP contribution in [0.4, 0.5) is 0 Å². The monoisotopic (exact) mass is 425 g/mol. The summed E-state index contributed by atoms with van der Waals surface area (Å²) < 4.78 is 1.58. The molecule has 0 saturated heterocycles. The quantitative estimate of drug-likeness (QED) is 0.515. The fourth-order valence-corrected chi connectivity index (χ4v) is 2.24. The Labute approximate surface area is 153 Å². The molecular weight excluding hydrogens is 414 g/mol. The van der Waals surface area contributed by atoms with Gasteiger partial charge in [-0.15, -0.1) is 0 Å². The van der Waals surface area contributed by atoms with Crippen LogP contribution in [0.3, 0.4) is 0 Å². The number of carboxylic acid groups (broad SMARTS) is 2. The lowest BCUT2D eigenvalue weighted by atomic mass is 10.2. The van der Waals surface area contributed by atoms with Crippen molar-refractivity contribution < 1.29 is 29.7 Å². The molecule has 10 nitrogen and oxygen atoms in total. The van der Waals surface area contributed by atoms with Crippen molar-refractivity contribution >= 4 is 33.8 Å². The molecule has 0 saturated carbocycles. The second-order valence-corrected chi connectivity index (χ2v) is 5.98. The molecular formula is C15H12BrN3O7. The van der Waals surface area contributed by atoms with E-state index in [0.717, 1.165) is 15.2 Å². The van der Waals surface area contributed by atoms with E-state index in [9.17, 15) is 24.3 Å². The minimum atomic E-state index is -1.73. The minimum absolute atomic E-state index is 0.299. The molecule has 0 aliphatic rings. The van der Waals surface area contributed by atoms with E-state index >= 15 is 0 Å². The van der Waals surface area contributed by atoms with E-state index in [4.69, 9.17) is 10.2 Å². The molecule has 4 N–H and O–H groups in total. The normalized spacial score (nSPS) is 11.6. The Morgan fingerprint density at radius 3 is 2.35 bits per heavy atom. The zero-order valence-corrected chi connectivity index (χ0v) is 14.5. The van der Waals surface area contributed by atoms with E-state index in [1.807, 2.05) is 5.32 Å². The third kappa shape index (κ3) is 4.45. The maximum absolute atomic E-state index is 12.2. The van der Waals surface area contributed by atoms with Crippen molar-refractivity contribution in [3.63, 3.8) is 0 Å². The zero-order chi connectivity index (χ0) is 19.4. The molecule has 1 heterocycles. The summed E-state index contributed by atoms with van der Waals surface area (Å²) in [4.78, 5) is 45.9. The number of nitrogens with zero attached hydrogens (tertiary/aromatic N) is 2. The smallest absolute Gasteiger partial charge is 0.326 e. The molecule has 0 aliphatic carbocycles. The van der Waals surface area contributed by atoms with E-state index in [1.165, 1.54) is 12.1 Å². The first-order valence-corrected chi connectivity index (χ1v) is 7.83. The van der Waals surface area contributed by atoms with Crippen LogP contribution in [0.25, 0.3) is 5.69 Å². The second kappa shape index (κ2) is 7.78. The number of benzene rings is 1. The highest BCUT2D eigenvalue weighted by atomic mass is 79.9. The first-order chi connectivity index (χ1) is 12.2. The summed E-state index contributed by atoms with van der Waals surface area (Å²) in [7, 11) is 0. The van der Waals surface area contributed by atoms with Crippen LogP contribution in [0, 0.1) is 0 Å². The predicted octanol–water partition coefficient (Wildman–Crippen LogP) is 0.358. The fraction of sp³-hybridized carbons (Fsp3) is 0.133. The lowest BCUT2D eigenvalue weighted by Crippen LogP contribution is -2.43. The molecule has 1 aromatic carbocycles. The van der Waals surface area contributed by atoms with Gasteiger partial charge in [0.2, 0.25) is 0 Å². The maximum Gasteiger partial charge on any atom is 0.326 e. The molecule has 0 bridgehead atoms. The van der Waals surface area contributed by atoms with Crippen molar-refractivity contribution in [3.8, 4) is 11.4 Å². The van der Waals surface area contributed by atoms with Gasteiger partial charge >= 0.3 is 11.9 Å². The summed E-state index contributed by atoms with van der Waals surface area (Å²) in [5.41, 5.74) is -1.04. The van der Waals surface area contributed by atoms with Gasteiger partial charge in [-0.2, -0.15) is 9.78 Å². The third-order valence-corrected chi connectivity index (χ3v) is 3.71. The Balaban J connectivity index is 2.39. The van der Waals surface area contributed by atoms with Crippen molar-refractivity contribution in [3.05, 3.63) is 50.9 Å². The highest BCUT2D eigenvalue weighted by Crippen LogP contribution is 2.15. The number of halogens is 1. The van der Waals surface area contributed by atoms with Crippen LogP contribution >= 0.6 is 15.9 Å². The van der Waals surface area contributed by atoms with Gasteiger partial charge in [-0.3, -0.25) is 14.4 Å². The molecule has 1 unspecified atom stereocenters. The summed E-state index contributed by atoms with van der Waals surface area (Å²) in [5, 5.41) is 33.2. The number of rotatable bonds is 6. The van der Waals surface area contributed by atoms with E-state index in [0.29, 0.717) is 5.69 Å². The average Bonchev–Trinajstić information content (AvgIpc) is 2.54. The van der Waals surface area contributed by atoms with Gasteiger partial charge in [0.15, 0.2) is 11.4 Å². The molecule has 0 radical (unpaired) electrons. The van der Waals surface area contributed by atoms with Crippen molar-refractivity contribution in [1.82, 2.24) is 15.1 Å². The number of aromatic hydroxyl groups is 1. The molecule has 1 atom stereocenters. The van der Waals surface area contributed by atoms with Gasteiger partial charge in [0.1, 0.15) is 6.04 Å². The Hall–Kier alpha value is -3.21. The fourth-order valence-electron chi connectivity index (χ4n) is 1.98. The SMILES string of the molecule is O=C(O)CC(NC(=O)c1nn(-c2ccc(Br)cc2)c(=O)cc1O)C(=O)O. The Kier molecular flexibility index (Phi) is 5.72. The second-order valence-electron chi connectivity index (χ2n) is 5.07. The van der Waals surface area contributed by atoms with Gasteiger partial charge in [-0.05, 0) is 24.3 Å². The molecule has 136 valence electrons. The number of amides is 1. The molecule has 0 fully saturated rings. The topological polar surface area (TPSA) is 159 Å². The average molecular weight is 426 g/mol. The van der Waals surface area contributed by atoms with Gasteiger partial charge in [0, 0.05) is 10.5 Å². The Bertz CT molecular complexity index is 924. The largest absolute Gasteiger partial charge is 0.505 e. The molecule has 2 aromatic rings. The third-order valence-electron chi connectivity index (χ3n) is 3.18. The number of carbonyl (C=O) groups is 3. The van der Waals surface area contributed by atoms with E-state index in [-0.39, 0.29) is 0 Å². The maximum atomic E-state index is 12.2. The summed E-state index contributed by atoms with van der Waals surface area (Å²) in [6.07, 6.45) is -0.867. The molecule has 2 rings (SSSR count). The van der Waals surface area contributed by atoms with E-state index in [1.54, 1.807) is 12.1 Å². The van der Waals surface area contributed by atoms with Gasteiger partial charge in [-0.1, -0.05) is 15.9 Å². The van der Waals surface area contributed by atoms with E-state index in [2.05, 4.69) is 21.0 Å². The highest BCUT2D eigenvalue weighted by Gasteiger charge is 2.26. The van der Waals surface area contributed by atoms with Crippen LogP contribution in [0.15, 0.2) is 39.6 Å². The number of carboxylic acids is 2. The minimum Gasteiger partial charge on any atom is -0.505 e. The van der Waals surface area contributed by atoms with Crippen LogP contribution < -0.4 is 10.9 Å². The number of aromatic nitrogens is 2. The van der Waals surface area contributed by atoms with Gasteiger partial charge in [-0.25, -0.2) is 4.79 Å². The predicted molar refractivity (Wildman–Crippen MR) is 90.3 cm³/mol. The van der Waals surface area contributed by atoms with Gasteiger partial charge in [0.05, 0.1) is 12.1 Å². The van der Waals surface area contributed by atoms with E-state index < -0.39 is 47.3 Å². The number of hydrogen-bond acceptors (Lipinski definition) is 6.